The lowest BCUT2D eigenvalue weighted by Gasteiger charge is -2.26. The van der Waals surface area contributed by atoms with Crippen molar-refractivity contribution in [2.45, 2.75) is 38.0 Å². The van der Waals surface area contributed by atoms with E-state index in [0.29, 0.717) is 25.1 Å². The molecule has 0 atom stereocenters. The molecule has 0 saturated heterocycles. The van der Waals surface area contributed by atoms with Crippen molar-refractivity contribution in [3.05, 3.63) is 29.3 Å². The molecule has 108 valence electrons. The zero-order valence-electron chi connectivity index (χ0n) is 11.4. The Bertz CT molecular complexity index is 530. The molecule has 0 aromatic heterocycles. The Balaban J connectivity index is 1.69. The third kappa shape index (κ3) is 2.79. The number of rotatable bonds is 2. The molecule has 1 aliphatic heterocycles. The summed E-state index contributed by atoms with van der Waals surface area (Å²) in [4.78, 5) is 0. The summed E-state index contributed by atoms with van der Waals surface area (Å²) in [6.07, 6.45) is 6.07. The van der Waals surface area contributed by atoms with Crippen LogP contribution >= 0.6 is 0 Å². The summed E-state index contributed by atoms with van der Waals surface area (Å²) in [5.74, 6) is -1.40. The van der Waals surface area contributed by atoms with Crippen LogP contribution in [0.3, 0.4) is 0 Å². The zero-order chi connectivity index (χ0) is 14.2. The van der Waals surface area contributed by atoms with Gasteiger partial charge in [-0.2, -0.15) is 0 Å². The van der Waals surface area contributed by atoms with Gasteiger partial charge < -0.3 is 10.5 Å². The van der Waals surface area contributed by atoms with Crippen molar-refractivity contribution in [2.75, 3.05) is 12.3 Å². The molecular weight excluding hydrogens is 260 g/mol. The van der Waals surface area contributed by atoms with Crippen LogP contribution < -0.4 is 10.5 Å². The van der Waals surface area contributed by atoms with Gasteiger partial charge >= 0.3 is 0 Å². The van der Waals surface area contributed by atoms with Crippen LogP contribution in [0.15, 0.2) is 18.2 Å². The largest absolute Gasteiger partial charge is 0.491 e. The molecular formula is C16H19F2NO. The van der Waals surface area contributed by atoms with Crippen LogP contribution in [0.1, 0.15) is 36.8 Å². The molecule has 1 fully saturated rings. The first-order valence-corrected chi connectivity index (χ1v) is 7.15. The minimum absolute atomic E-state index is 0.00216. The molecule has 1 saturated carbocycles. The maximum absolute atomic E-state index is 13.1. The van der Waals surface area contributed by atoms with Gasteiger partial charge in [0.25, 0.3) is 0 Å². The average Bonchev–Trinajstić information content (AvgIpc) is 2.86. The third-order valence-electron chi connectivity index (χ3n) is 4.16. The van der Waals surface area contributed by atoms with E-state index in [4.69, 9.17) is 10.5 Å². The van der Waals surface area contributed by atoms with Gasteiger partial charge in [-0.1, -0.05) is 12.2 Å². The summed E-state index contributed by atoms with van der Waals surface area (Å²) < 4.78 is 31.6. The van der Waals surface area contributed by atoms with Crippen molar-refractivity contribution in [1.82, 2.24) is 0 Å². The van der Waals surface area contributed by atoms with Crippen LogP contribution in [0, 0.1) is 5.92 Å². The van der Waals surface area contributed by atoms with Crippen molar-refractivity contribution in [1.29, 1.82) is 0 Å². The molecule has 2 aliphatic rings. The lowest BCUT2D eigenvalue weighted by atomic mass is 9.86. The Morgan fingerprint density at radius 3 is 2.75 bits per heavy atom. The lowest BCUT2D eigenvalue weighted by Crippen LogP contribution is -2.23. The fourth-order valence-electron chi connectivity index (χ4n) is 2.96. The Hall–Kier alpha value is -1.58. The number of alkyl halides is 2. The van der Waals surface area contributed by atoms with Gasteiger partial charge in [0, 0.05) is 24.8 Å². The first-order valence-electron chi connectivity index (χ1n) is 7.15. The standard InChI is InChI=1S/C16H19F2NO/c17-16(18)6-3-11(4-7-16)1-2-12-9-13-5-8-20-15(13)14(19)10-12/h1-2,9-11H,3-8,19H2. The van der Waals surface area contributed by atoms with Gasteiger partial charge in [0.1, 0.15) is 5.75 Å². The molecule has 20 heavy (non-hydrogen) atoms. The number of benzene rings is 1. The fourth-order valence-corrected chi connectivity index (χ4v) is 2.96. The summed E-state index contributed by atoms with van der Waals surface area (Å²) in [6, 6.07) is 3.96. The Morgan fingerprint density at radius 1 is 1.25 bits per heavy atom. The SMILES string of the molecule is Nc1cc(C=CC2CCC(F)(F)CC2)cc2c1OCC2. The van der Waals surface area contributed by atoms with Crippen LogP contribution in [-0.2, 0) is 6.42 Å². The van der Waals surface area contributed by atoms with E-state index >= 15 is 0 Å². The van der Waals surface area contributed by atoms with Gasteiger partial charge in [-0.15, -0.1) is 0 Å². The summed E-state index contributed by atoms with van der Waals surface area (Å²) in [6.45, 7) is 0.685. The number of nitrogens with two attached hydrogens (primary N) is 1. The van der Waals surface area contributed by atoms with E-state index in [1.54, 1.807) is 0 Å². The van der Waals surface area contributed by atoms with Crippen LogP contribution in [0.25, 0.3) is 6.08 Å². The van der Waals surface area contributed by atoms with E-state index in [0.717, 1.165) is 23.3 Å². The molecule has 0 radical (unpaired) electrons. The first-order chi connectivity index (χ1) is 9.53. The van der Waals surface area contributed by atoms with Crippen molar-refractivity contribution in [3.63, 3.8) is 0 Å². The highest BCUT2D eigenvalue weighted by Crippen LogP contribution is 2.37. The highest BCUT2D eigenvalue weighted by atomic mass is 19.3. The van der Waals surface area contributed by atoms with Crippen molar-refractivity contribution in [2.24, 2.45) is 5.92 Å². The predicted molar refractivity (Wildman–Crippen MR) is 76.0 cm³/mol. The van der Waals surface area contributed by atoms with Crippen molar-refractivity contribution in [3.8, 4) is 5.75 Å². The van der Waals surface area contributed by atoms with Crippen molar-refractivity contribution >= 4 is 11.8 Å². The molecule has 3 rings (SSSR count). The van der Waals surface area contributed by atoms with E-state index in [9.17, 15) is 8.78 Å². The summed E-state index contributed by atoms with van der Waals surface area (Å²) in [7, 11) is 0. The summed E-state index contributed by atoms with van der Waals surface area (Å²) in [5.41, 5.74) is 8.79. The third-order valence-corrected chi connectivity index (χ3v) is 4.16. The maximum atomic E-state index is 13.1. The van der Waals surface area contributed by atoms with E-state index in [1.807, 2.05) is 18.2 Å². The van der Waals surface area contributed by atoms with Gasteiger partial charge in [0.2, 0.25) is 5.92 Å². The van der Waals surface area contributed by atoms with Gasteiger partial charge in [-0.3, -0.25) is 0 Å². The molecule has 4 heteroatoms. The number of allylic oxidation sites excluding steroid dienone is 1. The van der Waals surface area contributed by atoms with Crippen LogP contribution in [-0.4, -0.2) is 12.5 Å². The normalized spacial score (nSPS) is 21.9. The molecule has 0 bridgehead atoms. The van der Waals surface area contributed by atoms with Crippen molar-refractivity contribution < 1.29 is 13.5 Å². The Labute approximate surface area is 117 Å². The second kappa shape index (κ2) is 5.08. The van der Waals surface area contributed by atoms with E-state index in [2.05, 4.69) is 6.07 Å². The van der Waals surface area contributed by atoms with Gasteiger partial charge in [-0.05, 0) is 36.5 Å². The smallest absolute Gasteiger partial charge is 0.248 e. The lowest BCUT2D eigenvalue weighted by molar-refractivity contribution is -0.0410. The quantitative estimate of drug-likeness (QED) is 0.829. The van der Waals surface area contributed by atoms with Gasteiger partial charge in [0.15, 0.2) is 0 Å². The van der Waals surface area contributed by atoms with Gasteiger partial charge in [0.05, 0.1) is 12.3 Å². The number of nitrogen functional groups attached to an aromatic ring is 1. The highest BCUT2D eigenvalue weighted by Gasteiger charge is 2.33. The molecule has 2 N–H and O–H groups in total. The molecule has 1 aromatic carbocycles. The van der Waals surface area contributed by atoms with E-state index < -0.39 is 5.92 Å². The topological polar surface area (TPSA) is 35.2 Å². The number of anilines is 1. The summed E-state index contributed by atoms with van der Waals surface area (Å²) >= 11 is 0. The first kappa shape index (κ1) is 13.4. The second-order valence-electron chi connectivity index (χ2n) is 5.75. The molecule has 1 aromatic rings. The predicted octanol–water partition coefficient (Wildman–Crippen LogP) is 4.04. The average molecular weight is 279 g/mol. The molecule has 1 heterocycles. The maximum Gasteiger partial charge on any atom is 0.248 e. The number of halogens is 2. The van der Waals surface area contributed by atoms with Crippen LogP contribution in [0.5, 0.6) is 5.75 Å². The molecule has 1 aliphatic carbocycles. The minimum atomic E-state index is -2.46. The van der Waals surface area contributed by atoms with E-state index in [-0.39, 0.29) is 18.8 Å². The summed E-state index contributed by atoms with van der Waals surface area (Å²) in [5, 5.41) is 0. The second-order valence-corrected chi connectivity index (χ2v) is 5.75. The molecule has 0 spiro atoms. The van der Waals surface area contributed by atoms with E-state index in [1.165, 1.54) is 0 Å². The number of fused-ring (bicyclic) bond motifs is 1. The van der Waals surface area contributed by atoms with Crippen LogP contribution in [0.4, 0.5) is 14.5 Å². The number of ether oxygens (including phenoxy) is 1. The fraction of sp³-hybridized carbons (Fsp3) is 0.500. The molecule has 0 unspecified atom stereocenters. The Kier molecular flexibility index (Phi) is 3.40. The minimum Gasteiger partial charge on any atom is -0.491 e. The van der Waals surface area contributed by atoms with Gasteiger partial charge in [-0.25, -0.2) is 8.78 Å². The van der Waals surface area contributed by atoms with Crippen LogP contribution in [0.2, 0.25) is 0 Å². The molecule has 0 amide bonds. The molecule has 2 nitrogen and oxygen atoms in total. The number of hydrogen-bond donors (Lipinski definition) is 1. The Morgan fingerprint density at radius 2 is 2.00 bits per heavy atom. The number of hydrogen-bond acceptors (Lipinski definition) is 2. The zero-order valence-corrected chi connectivity index (χ0v) is 11.4. The monoisotopic (exact) mass is 279 g/mol. The highest BCUT2D eigenvalue weighted by molar-refractivity contribution is 5.66.